The molecule has 0 spiro atoms. The van der Waals surface area contributed by atoms with E-state index in [1.807, 2.05) is 54.5 Å². The van der Waals surface area contributed by atoms with Gasteiger partial charge in [0.2, 0.25) is 5.91 Å². The lowest BCUT2D eigenvalue weighted by molar-refractivity contribution is -0.131. The number of hydrogen-bond donors (Lipinski definition) is 1. The molecule has 1 N–H and O–H groups in total. The van der Waals surface area contributed by atoms with Crippen LogP contribution in [0.4, 0.5) is 5.13 Å². The van der Waals surface area contributed by atoms with Gasteiger partial charge in [0.25, 0.3) is 5.91 Å². The number of hydrogen-bond acceptors (Lipinski definition) is 6. The van der Waals surface area contributed by atoms with Gasteiger partial charge in [-0.05, 0) is 38.9 Å². The van der Waals surface area contributed by atoms with E-state index in [-0.39, 0.29) is 17.7 Å². The van der Waals surface area contributed by atoms with Crippen molar-refractivity contribution in [3.05, 3.63) is 53.2 Å². The van der Waals surface area contributed by atoms with E-state index >= 15 is 0 Å². The average Bonchev–Trinajstić information content (AvgIpc) is 3.46. The second-order valence-corrected chi connectivity index (χ2v) is 8.58. The van der Waals surface area contributed by atoms with Gasteiger partial charge < -0.3 is 4.90 Å². The normalized spacial score (nSPS) is 16.5. The van der Waals surface area contributed by atoms with Gasteiger partial charge in [-0.3, -0.25) is 24.8 Å². The number of benzene rings is 1. The summed E-state index contributed by atoms with van der Waals surface area (Å²) in [5.74, 6) is 0.183. The Labute approximate surface area is 186 Å². The molecule has 1 fully saturated rings. The van der Waals surface area contributed by atoms with Gasteiger partial charge in [-0.2, -0.15) is 0 Å². The predicted octanol–water partition coefficient (Wildman–Crippen LogP) is 3.60. The lowest BCUT2D eigenvalue weighted by Gasteiger charge is -2.22. The second-order valence-electron chi connectivity index (χ2n) is 7.69. The molecule has 3 aromatic rings. The van der Waals surface area contributed by atoms with Gasteiger partial charge in [-0.25, -0.2) is 4.98 Å². The molecule has 0 unspecified atom stereocenters. The Kier molecular flexibility index (Phi) is 6.58. The number of anilines is 1. The summed E-state index contributed by atoms with van der Waals surface area (Å²) in [6, 6.07) is 9.62. The fourth-order valence-corrected chi connectivity index (χ4v) is 4.65. The van der Waals surface area contributed by atoms with Crippen LogP contribution in [0.25, 0.3) is 10.9 Å². The lowest BCUT2D eigenvalue weighted by atomic mass is 9.99. The van der Waals surface area contributed by atoms with E-state index in [0.29, 0.717) is 17.2 Å². The molecule has 8 heteroatoms. The number of nitrogens with zero attached hydrogens (tertiary/aromatic N) is 4. The van der Waals surface area contributed by atoms with E-state index in [1.54, 1.807) is 6.20 Å². The number of nitrogens with one attached hydrogen (secondary N) is 1. The monoisotopic (exact) mass is 437 g/mol. The maximum atomic E-state index is 13.0. The number of rotatable bonds is 7. The second kappa shape index (κ2) is 9.53. The highest BCUT2D eigenvalue weighted by molar-refractivity contribution is 7.13. The number of carbonyl (C=O) groups excluding carboxylic acids is 2. The Morgan fingerprint density at radius 3 is 2.81 bits per heavy atom. The lowest BCUT2D eigenvalue weighted by Crippen LogP contribution is -2.39. The Morgan fingerprint density at radius 1 is 1.26 bits per heavy atom. The third-order valence-corrected chi connectivity index (χ3v) is 6.49. The number of fused-ring (bicyclic) bond motifs is 1. The van der Waals surface area contributed by atoms with E-state index in [1.165, 1.54) is 11.3 Å². The maximum Gasteiger partial charge on any atom is 0.258 e. The van der Waals surface area contributed by atoms with Crippen molar-refractivity contribution in [3.63, 3.8) is 0 Å². The molecule has 0 bridgehead atoms. The van der Waals surface area contributed by atoms with Crippen LogP contribution in [-0.4, -0.2) is 64.3 Å². The predicted molar refractivity (Wildman–Crippen MR) is 124 cm³/mol. The van der Waals surface area contributed by atoms with Gasteiger partial charge in [0, 0.05) is 48.2 Å². The van der Waals surface area contributed by atoms with Crippen LogP contribution >= 0.6 is 11.3 Å². The van der Waals surface area contributed by atoms with Crippen molar-refractivity contribution in [3.8, 4) is 0 Å². The van der Waals surface area contributed by atoms with Crippen LogP contribution in [0.15, 0.2) is 41.9 Å². The summed E-state index contributed by atoms with van der Waals surface area (Å²) in [4.78, 5) is 38.6. The minimum atomic E-state index is -0.179. The molecule has 1 saturated heterocycles. The number of para-hydroxylation sites is 1. The fourth-order valence-electron chi connectivity index (χ4n) is 4.13. The van der Waals surface area contributed by atoms with Crippen molar-refractivity contribution >= 4 is 39.2 Å². The van der Waals surface area contributed by atoms with Gasteiger partial charge in [0.1, 0.15) is 0 Å². The summed E-state index contributed by atoms with van der Waals surface area (Å²) >= 11 is 1.39. The van der Waals surface area contributed by atoms with E-state index < -0.39 is 0 Å². The first-order valence-corrected chi connectivity index (χ1v) is 11.6. The fraction of sp³-hybridized carbons (Fsp3) is 0.391. The van der Waals surface area contributed by atoms with Crippen LogP contribution in [0.3, 0.4) is 0 Å². The van der Waals surface area contributed by atoms with E-state index in [0.717, 1.165) is 49.2 Å². The number of pyridine rings is 1. The molecule has 1 aromatic carbocycles. The first-order valence-electron chi connectivity index (χ1n) is 10.7. The number of likely N-dealkylation sites (N-methyl/N-ethyl adjacent to an activating group) is 1. The smallest absolute Gasteiger partial charge is 0.258 e. The molecule has 31 heavy (non-hydrogen) atoms. The van der Waals surface area contributed by atoms with Crippen molar-refractivity contribution in [2.45, 2.75) is 26.2 Å². The molecule has 0 radical (unpaired) electrons. The molecule has 2 amide bonds. The molecular formula is C23H27N5O2S. The molecule has 1 atom stereocenters. The van der Waals surface area contributed by atoms with Crippen molar-refractivity contribution in [2.24, 2.45) is 0 Å². The largest absolute Gasteiger partial charge is 0.342 e. The van der Waals surface area contributed by atoms with Gasteiger partial charge in [-0.15, -0.1) is 11.3 Å². The summed E-state index contributed by atoms with van der Waals surface area (Å²) in [5, 5.41) is 6.12. The molecular weight excluding hydrogens is 410 g/mol. The minimum absolute atomic E-state index is 0.167. The first kappa shape index (κ1) is 21.4. The van der Waals surface area contributed by atoms with Crippen molar-refractivity contribution < 1.29 is 9.59 Å². The number of thiazole rings is 1. The molecule has 1 aliphatic heterocycles. The Balaban J connectivity index is 1.56. The van der Waals surface area contributed by atoms with Gasteiger partial charge >= 0.3 is 0 Å². The number of aromatic nitrogens is 2. The van der Waals surface area contributed by atoms with Crippen LogP contribution in [0, 0.1) is 0 Å². The van der Waals surface area contributed by atoms with E-state index in [9.17, 15) is 9.59 Å². The van der Waals surface area contributed by atoms with Crippen molar-refractivity contribution in [1.29, 1.82) is 0 Å². The van der Waals surface area contributed by atoms with Gasteiger partial charge in [0.05, 0.1) is 17.6 Å². The van der Waals surface area contributed by atoms with Crippen LogP contribution < -0.4 is 5.32 Å². The summed E-state index contributed by atoms with van der Waals surface area (Å²) in [6.07, 6.45) is 2.59. The molecule has 0 aliphatic carbocycles. The summed E-state index contributed by atoms with van der Waals surface area (Å²) < 4.78 is 0. The molecule has 1 aliphatic rings. The zero-order valence-corrected chi connectivity index (χ0v) is 18.7. The van der Waals surface area contributed by atoms with Gasteiger partial charge in [-0.1, -0.05) is 18.2 Å². The Bertz CT molecular complexity index is 1070. The number of likely N-dealkylation sites (tertiary alicyclic amines) is 1. The van der Waals surface area contributed by atoms with Crippen LogP contribution in [0.1, 0.15) is 42.2 Å². The summed E-state index contributed by atoms with van der Waals surface area (Å²) in [6.45, 7) is 7.53. The molecule has 7 nitrogen and oxygen atoms in total. The van der Waals surface area contributed by atoms with E-state index in [4.69, 9.17) is 4.98 Å². The van der Waals surface area contributed by atoms with Crippen LogP contribution in [0.2, 0.25) is 0 Å². The molecule has 162 valence electrons. The Hall–Kier alpha value is -2.84. The minimum Gasteiger partial charge on any atom is -0.342 e. The SMILES string of the molecule is CCN(CC)C(=O)CN1CC[C@H](c2cc(C(=O)Nc3nccs3)c3ccccc3n2)C1. The highest BCUT2D eigenvalue weighted by Crippen LogP contribution is 2.29. The average molecular weight is 438 g/mol. The molecule has 4 rings (SSSR count). The van der Waals surface area contributed by atoms with Crippen LogP contribution in [-0.2, 0) is 4.79 Å². The zero-order valence-electron chi connectivity index (χ0n) is 17.9. The maximum absolute atomic E-state index is 13.0. The third kappa shape index (κ3) is 4.75. The number of amides is 2. The molecule has 3 heterocycles. The third-order valence-electron chi connectivity index (χ3n) is 5.80. The summed E-state index contributed by atoms with van der Waals surface area (Å²) in [5.41, 5.74) is 2.32. The van der Waals surface area contributed by atoms with Crippen molar-refractivity contribution in [2.75, 3.05) is 38.0 Å². The standard InChI is InChI=1S/C23H27N5O2S/c1-3-28(4-2)21(29)15-27-11-9-16(14-27)20-13-18(17-7-5-6-8-19(17)25-20)22(30)26-23-24-10-12-31-23/h5-8,10,12-13,16H,3-4,9,11,14-15H2,1-2H3,(H,24,26,30)/t16-/m0/s1. The van der Waals surface area contributed by atoms with Crippen molar-refractivity contribution in [1.82, 2.24) is 19.8 Å². The molecule has 2 aromatic heterocycles. The van der Waals surface area contributed by atoms with E-state index in [2.05, 4.69) is 15.2 Å². The zero-order chi connectivity index (χ0) is 21.8. The quantitative estimate of drug-likeness (QED) is 0.611. The highest BCUT2D eigenvalue weighted by atomic mass is 32.1. The molecule has 0 saturated carbocycles. The highest BCUT2D eigenvalue weighted by Gasteiger charge is 2.28. The first-order chi connectivity index (χ1) is 15.1. The van der Waals surface area contributed by atoms with Gasteiger partial charge in [0.15, 0.2) is 5.13 Å². The number of carbonyl (C=O) groups is 2. The topological polar surface area (TPSA) is 78.4 Å². The Morgan fingerprint density at radius 2 is 2.06 bits per heavy atom. The summed E-state index contributed by atoms with van der Waals surface area (Å²) in [7, 11) is 0. The van der Waals surface area contributed by atoms with Crippen LogP contribution in [0.5, 0.6) is 0 Å².